The second-order valence-electron chi connectivity index (χ2n) is 6.17. The maximum atomic E-state index is 12.5. The lowest BCUT2D eigenvalue weighted by Crippen LogP contribution is -2.30. The molecule has 2 aliphatic rings. The molecule has 1 aromatic carbocycles. The number of rotatable bonds is 3. The summed E-state index contributed by atoms with van der Waals surface area (Å²) < 4.78 is 5.13. The van der Waals surface area contributed by atoms with E-state index in [1.165, 1.54) is 4.90 Å². The fourth-order valence-corrected chi connectivity index (χ4v) is 3.08. The molecule has 23 heavy (non-hydrogen) atoms. The Morgan fingerprint density at radius 2 is 1.57 bits per heavy atom. The van der Waals surface area contributed by atoms with Crippen molar-refractivity contribution in [2.75, 3.05) is 4.90 Å². The van der Waals surface area contributed by atoms with E-state index in [4.69, 9.17) is 4.74 Å². The van der Waals surface area contributed by atoms with E-state index < -0.39 is 5.97 Å². The van der Waals surface area contributed by atoms with Gasteiger partial charge in [-0.15, -0.1) is 0 Å². The standard InChI is InChI=1S/C18H19NO4/c1-11(2)23-18(22)12-7-9-13(10-8-12)19-16(20)14-5-3-4-6-15(14)17(19)21/h3-4,7-11,14-15H,5-6H2,1-2H3/t14-,15-/m1/s1. The molecular weight excluding hydrogens is 294 g/mol. The quantitative estimate of drug-likeness (QED) is 0.489. The summed E-state index contributed by atoms with van der Waals surface area (Å²) in [7, 11) is 0. The highest BCUT2D eigenvalue weighted by Crippen LogP contribution is 2.37. The van der Waals surface area contributed by atoms with Crippen LogP contribution in [-0.2, 0) is 14.3 Å². The Balaban J connectivity index is 1.81. The average Bonchev–Trinajstić information content (AvgIpc) is 2.79. The number of benzene rings is 1. The number of ether oxygens (including phenoxy) is 1. The van der Waals surface area contributed by atoms with Gasteiger partial charge in [0.25, 0.3) is 0 Å². The minimum absolute atomic E-state index is 0.151. The largest absolute Gasteiger partial charge is 0.459 e. The van der Waals surface area contributed by atoms with Gasteiger partial charge in [0.1, 0.15) is 0 Å². The highest BCUT2D eigenvalue weighted by molar-refractivity contribution is 6.22. The molecule has 0 radical (unpaired) electrons. The summed E-state index contributed by atoms with van der Waals surface area (Å²) in [5.41, 5.74) is 0.913. The number of esters is 1. The summed E-state index contributed by atoms with van der Waals surface area (Å²) in [6.45, 7) is 3.56. The van der Waals surface area contributed by atoms with E-state index in [0.717, 1.165) is 0 Å². The molecule has 3 rings (SSSR count). The average molecular weight is 313 g/mol. The van der Waals surface area contributed by atoms with Crippen LogP contribution in [0.1, 0.15) is 37.0 Å². The molecule has 1 aliphatic heterocycles. The number of amides is 2. The van der Waals surface area contributed by atoms with Gasteiger partial charge in [-0.25, -0.2) is 4.79 Å². The second kappa shape index (κ2) is 5.99. The minimum Gasteiger partial charge on any atom is -0.459 e. The molecule has 2 amide bonds. The van der Waals surface area contributed by atoms with E-state index in [9.17, 15) is 14.4 Å². The zero-order valence-corrected chi connectivity index (χ0v) is 13.2. The number of imide groups is 1. The summed E-state index contributed by atoms with van der Waals surface area (Å²) >= 11 is 0. The third-order valence-electron chi connectivity index (χ3n) is 4.21. The lowest BCUT2D eigenvalue weighted by molar-refractivity contribution is -0.122. The van der Waals surface area contributed by atoms with E-state index in [1.807, 2.05) is 12.2 Å². The number of hydrogen-bond acceptors (Lipinski definition) is 4. The zero-order chi connectivity index (χ0) is 16.6. The van der Waals surface area contributed by atoms with Crippen molar-refractivity contribution < 1.29 is 19.1 Å². The van der Waals surface area contributed by atoms with E-state index in [1.54, 1.807) is 38.1 Å². The lowest BCUT2D eigenvalue weighted by atomic mass is 9.85. The Kier molecular flexibility index (Phi) is 4.03. The number of carbonyl (C=O) groups is 3. The normalized spacial score (nSPS) is 23.3. The Morgan fingerprint density at radius 1 is 1.04 bits per heavy atom. The van der Waals surface area contributed by atoms with Gasteiger partial charge < -0.3 is 4.74 Å². The van der Waals surface area contributed by atoms with Crippen molar-refractivity contribution >= 4 is 23.5 Å². The minimum atomic E-state index is -0.413. The van der Waals surface area contributed by atoms with Crippen LogP contribution in [0.5, 0.6) is 0 Å². The molecule has 120 valence electrons. The third kappa shape index (κ3) is 2.79. The molecule has 0 aromatic heterocycles. The lowest BCUT2D eigenvalue weighted by Gasteiger charge is -2.15. The molecule has 5 nitrogen and oxygen atoms in total. The highest BCUT2D eigenvalue weighted by atomic mass is 16.5. The molecule has 0 saturated carbocycles. The van der Waals surface area contributed by atoms with Crippen molar-refractivity contribution in [1.82, 2.24) is 0 Å². The smallest absolute Gasteiger partial charge is 0.338 e. The predicted octanol–water partition coefficient (Wildman–Crippen LogP) is 2.71. The van der Waals surface area contributed by atoms with Gasteiger partial charge >= 0.3 is 5.97 Å². The van der Waals surface area contributed by atoms with Gasteiger partial charge in [0, 0.05) is 0 Å². The van der Waals surface area contributed by atoms with Gasteiger partial charge in [-0.2, -0.15) is 0 Å². The third-order valence-corrected chi connectivity index (χ3v) is 4.21. The van der Waals surface area contributed by atoms with Crippen LogP contribution in [0.3, 0.4) is 0 Å². The molecule has 1 saturated heterocycles. The maximum absolute atomic E-state index is 12.5. The van der Waals surface area contributed by atoms with Crippen LogP contribution < -0.4 is 4.90 Å². The van der Waals surface area contributed by atoms with E-state index in [2.05, 4.69) is 0 Å². The van der Waals surface area contributed by atoms with Crippen LogP contribution in [0.2, 0.25) is 0 Å². The fraction of sp³-hybridized carbons (Fsp3) is 0.389. The zero-order valence-electron chi connectivity index (χ0n) is 13.2. The first-order chi connectivity index (χ1) is 11.0. The van der Waals surface area contributed by atoms with Gasteiger partial charge in [-0.05, 0) is 51.0 Å². The molecule has 5 heteroatoms. The van der Waals surface area contributed by atoms with Gasteiger partial charge in [-0.3, -0.25) is 14.5 Å². The van der Waals surface area contributed by atoms with Crippen LogP contribution in [-0.4, -0.2) is 23.9 Å². The molecule has 2 atom stereocenters. The monoisotopic (exact) mass is 313 g/mol. The van der Waals surface area contributed by atoms with Crippen molar-refractivity contribution in [3.63, 3.8) is 0 Å². The van der Waals surface area contributed by atoms with Gasteiger partial charge in [0.15, 0.2) is 0 Å². The molecular formula is C18H19NO4. The highest BCUT2D eigenvalue weighted by Gasteiger charge is 2.47. The Morgan fingerprint density at radius 3 is 2.04 bits per heavy atom. The molecule has 0 spiro atoms. The van der Waals surface area contributed by atoms with Crippen molar-refractivity contribution in [1.29, 1.82) is 0 Å². The Bertz CT molecular complexity index is 649. The Labute approximate surface area is 134 Å². The molecule has 0 N–H and O–H groups in total. The number of fused-ring (bicyclic) bond motifs is 1. The number of hydrogen-bond donors (Lipinski definition) is 0. The fourth-order valence-electron chi connectivity index (χ4n) is 3.08. The van der Waals surface area contributed by atoms with Gasteiger partial charge in [0.05, 0.1) is 29.2 Å². The van der Waals surface area contributed by atoms with E-state index in [0.29, 0.717) is 24.1 Å². The first kappa shape index (κ1) is 15.5. The van der Waals surface area contributed by atoms with E-state index >= 15 is 0 Å². The van der Waals surface area contributed by atoms with Crippen molar-refractivity contribution in [2.24, 2.45) is 11.8 Å². The van der Waals surface area contributed by atoms with Crippen LogP contribution >= 0.6 is 0 Å². The first-order valence-corrected chi connectivity index (χ1v) is 7.83. The van der Waals surface area contributed by atoms with Crippen molar-refractivity contribution in [3.05, 3.63) is 42.0 Å². The summed E-state index contributed by atoms with van der Waals surface area (Å²) in [5.74, 6) is -1.22. The SMILES string of the molecule is CC(C)OC(=O)c1ccc(N2C(=O)[C@@H]3CC=CC[C@H]3C2=O)cc1. The van der Waals surface area contributed by atoms with Crippen LogP contribution in [0.25, 0.3) is 0 Å². The molecule has 1 aromatic rings. The van der Waals surface area contributed by atoms with Crippen LogP contribution in [0.4, 0.5) is 5.69 Å². The number of allylic oxidation sites excluding steroid dienone is 2. The molecule has 1 aliphatic carbocycles. The molecule has 0 unspecified atom stereocenters. The first-order valence-electron chi connectivity index (χ1n) is 7.83. The second-order valence-corrected chi connectivity index (χ2v) is 6.17. The van der Waals surface area contributed by atoms with Crippen LogP contribution in [0.15, 0.2) is 36.4 Å². The van der Waals surface area contributed by atoms with Gasteiger partial charge in [0.2, 0.25) is 11.8 Å². The van der Waals surface area contributed by atoms with Crippen molar-refractivity contribution in [3.8, 4) is 0 Å². The maximum Gasteiger partial charge on any atom is 0.338 e. The Hall–Kier alpha value is -2.43. The number of anilines is 1. The summed E-state index contributed by atoms with van der Waals surface area (Å²) in [6, 6.07) is 6.41. The number of nitrogens with zero attached hydrogens (tertiary/aromatic N) is 1. The summed E-state index contributed by atoms with van der Waals surface area (Å²) in [6.07, 6.45) is 4.95. The number of carbonyl (C=O) groups excluding carboxylic acids is 3. The van der Waals surface area contributed by atoms with Crippen LogP contribution in [0, 0.1) is 11.8 Å². The van der Waals surface area contributed by atoms with Gasteiger partial charge in [-0.1, -0.05) is 12.2 Å². The predicted molar refractivity (Wildman–Crippen MR) is 84.8 cm³/mol. The summed E-state index contributed by atoms with van der Waals surface area (Å²) in [5, 5.41) is 0. The molecule has 1 fully saturated rings. The summed E-state index contributed by atoms with van der Waals surface area (Å²) in [4.78, 5) is 38.1. The van der Waals surface area contributed by atoms with E-state index in [-0.39, 0.29) is 29.8 Å². The van der Waals surface area contributed by atoms with Crippen molar-refractivity contribution in [2.45, 2.75) is 32.8 Å². The topological polar surface area (TPSA) is 63.7 Å². The molecule has 0 bridgehead atoms. The molecule has 1 heterocycles.